The molecular formula is C17H22N2O2S. The highest BCUT2D eigenvalue weighted by molar-refractivity contribution is 7.11. The molecule has 1 heterocycles. The minimum atomic E-state index is -0.00902. The number of ether oxygens (including phenoxy) is 1. The topological polar surface area (TPSA) is 51.2 Å². The van der Waals surface area contributed by atoms with E-state index in [1.165, 1.54) is 4.88 Å². The van der Waals surface area contributed by atoms with E-state index < -0.39 is 0 Å². The number of aromatic nitrogens is 1. The highest BCUT2D eigenvalue weighted by Crippen LogP contribution is 2.25. The Labute approximate surface area is 135 Å². The SMILES string of the molecule is Cc1nc(C)c(CCC(=O)Nc2ccccc2OC(C)C)s1. The number of nitrogens with one attached hydrogen (secondary N) is 1. The van der Waals surface area contributed by atoms with Gasteiger partial charge >= 0.3 is 0 Å². The van der Waals surface area contributed by atoms with Crippen LogP contribution in [0.3, 0.4) is 0 Å². The molecule has 2 aromatic rings. The van der Waals surface area contributed by atoms with Crippen molar-refractivity contribution >= 4 is 22.9 Å². The third-order valence-electron chi connectivity index (χ3n) is 3.10. The summed E-state index contributed by atoms with van der Waals surface area (Å²) in [4.78, 5) is 17.7. The number of aryl methyl sites for hydroxylation is 3. The summed E-state index contributed by atoms with van der Waals surface area (Å²) in [5.41, 5.74) is 1.75. The monoisotopic (exact) mass is 318 g/mol. The summed E-state index contributed by atoms with van der Waals surface area (Å²) >= 11 is 1.66. The van der Waals surface area contributed by atoms with E-state index in [1.54, 1.807) is 11.3 Å². The maximum Gasteiger partial charge on any atom is 0.224 e. The van der Waals surface area contributed by atoms with Crippen molar-refractivity contribution in [1.82, 2.24) is 4.98 Å². The van der Waals surface area contributed by atoms with E-state index in [9.17, 15) is 4.79 Å². The number of hydrogen-bond acceptors (Lipinski definition) is 4. The molecule has 0 fully saturated rings. The molecule has 0 saturated carbocycles. The molecule has 22 heavy (non-hydrogen) atoms. The third kappa shape index (κ3) is 4.56. The van der Waals surface area contributed by atoms with Crippen LogP contribution in [0, 0.1) is 13.8 Å². The lowest BCUT2D eigenvalue weighted by molar-refractivity contribution is -0.116. The Hall–Kier alpha value is -1.88. The van der Waals surface area contributed by atoms with E-state index in [1.807, 2.05) is 52.0 Å². The smallest absolute Gasteiger partial charge is 0.224 e. The van der Waals surface area contributed by atoms with Crippen molar-refractivity contribution in [3.8, 4) is 5.75 Å². The molecule has 5 heteroatoms. The fourth-order valence-corrected chi connectivity index (χ4v) is 3.11. The number of hydrogen-bond donors (Lipinski definition) is 1. The van der Waals surface area contributed by atoms with Gasteiger partial charge in [0, 0.05) is 11.3 Å². The molecule has 0 saturated heterocycles. The fourth-order valence-electron chi connectivity index (χ4n) is 2.17. The summed E-state index contributed by atoms with van der Waals surface area (Å²) in [5, 5.41) is 3.98. The quantitative estimate of drug-likeness (QED) is 0.871. The predicted molar refractivity (Wildman–Crippen MR) is 90.7 cm³/mol. The van der Waals surface area contributed by atoms with Crippen molar-refractivity contribution in [3.05, 3.63) is 39.8 Å². The molecule has 1 aromatic carbocycles. The first kappa shape index (κ1) is 16.5. The van der Waals surface area contributed by atoms with Crippen molar-refractivity contribution in [2.75, 3.05) is 5.32 Å². The van der Waals surface area contributed by atoms with Crippen molar-refractivity contribution in [1.29, 1.82) is 0 Å². The third-order valence-corrected chi connectivity index (χ3v) is 4.24. The van der Waals surface area contributed by atoms with Crippen LogP contribution in [0.1, 0.15) is 35.8 Å². The van der Waals surface area contributed by atoms with Gasteiger partial charge < -0.3 is 10.1 Å². The molecular weight excluding hydrogens is 296 g/mol. The Morgan fingerprint density at radius 1 is 1.32 bits per heavy atom. The Bertz CT molecular complexity index is 650. The van der Waals surface area contributed by atoms with Gasteiger partial charge in [-0.3, -0.25) is 4.79 Å². The Balaban J connectivity index is 1.96. The summed E-state index contributed by atoms with van der Waals surface area (Å²) in [6.07, 6.45) is 1.23. The average Bonchev–Trinajstić information content (AvgIpc) is 2.76. The number of thiazole rings is 1. The van der Waals surface area contributed by atoms with Crippen LogP contribution in [-0.2, 0) is 11.2 Å². The number of benzene rings is 1. The Morgan fingerprint density at radius 3 is 2.68 bits per heavy atom. The van der Waals surface area contributed by atoms with Crippen LogP contribution in [0.4, 0.5) is 5.69 Å². The van der Waals surface area contributed by atoms with Gasteiger partial charge in [-0.1, -0.05) is 12.1 Å². The van der Waals surface area contributed by atoms with Crippen LogP contribution in [0.2, 0.25) is 0 Å². The van der Waals surface area contributed by atoms with Crippen LogP contribution >= 0.6 is 11.3 Å². The second-order valence-corrected chi connectivity index (χ2v) is 6.74. The lowest BCUT2D eigenvalue weighted by Gasteiger charge is -2.14. The first-order chi connectivity index (χ1) is 10.5. The fraction of sp³-hybridized carbons (Fsp3) is 0.412. The molecule has 0 aliphatic carbocycles. The van der Waals surface area contributed by atoms with E-state index in [0.29, 0.717) is 12.2 Å². The van der Waals surface area contributed by atoms with Crippen LogP contribution in [0.25, 0.3) is 0 Å². The number of nitrogens with zero attached hydrogens (tertiary/aromatic N) is 1. The Kier molecular flexibility index (Phi) is 5.55. The lowest BCUT2D eigenvalue weighted by atomic mass is 10.2. The zero-order chi connectivity index (χ0) is 16.1. The van der Waals surface area contributed by atoms with Gasteiger partial charge in [0.15, 0.2) is 0 Å². The van der Waals surface area contributed by atoms with Gasteiger partial charge in [0.2, 0.25) is 5.91 Å². The highest BCUT2D eigenvalue weighted by atomic mass is 32.1. The van der Waals surface area contributed by atoms with E-state index in [0.717, 1.165) is 22.8 Å². The van der Waals surface area contributed by atoms with E-state index in [2.05, 4.69) is 10.3 Å². The molecule has 0 aliphatic rings. The first-order valence-electron chi connectivity index (χ1n) is 7.44. The number of carbonyl (C=O) groups excluding carboxylic acids is 1. The average molecular weight is 318 g/mol. The standard InChI is InChI=1S/C17H22N2O2S/c1-11(2)21-15-8-6-5-7-14(15)19-17(20)10-9-16-12(3)18-13(4)22-16/h5-8,11H,9-10H2,1-4H3,(H,19,20). The number of amides is 1. The summed E-state index contributed by atoms with van der Waals surface area (Å²) in [5.74, 6) is 0.695. The highest BCUT2D eigenvalue weighted by Gasteiger charge is 2.11. The zero-order valence-corrected chi connectivity index (χ0v) is 14.3. The molecule has 2 rings (SSSR count). The molecule has 1 aromatic heterocycles. The van der Waals surface area contributed by atoms with Gasteiger partial charge in [-0.25, -0.2) is 4.98 Å². The maximum absolute atomic E-state index is 12.2. The molecule has 0 bridgehead atoms. The second-order valence-electron chi connectivity index (χ2n) is 5.45. The molecule has 0 aliphatic heterocycles. The van der Waals surface area contributed by atoms with Crippen LogP contribution in [0.15, 0.2) is 24.3 Å². The van der Waals surface area contributed by atoms with Gasteiger partial charge in [-0.05, 0) is 46.2 Å². The van der Waals surface area contributed by atoms with Crippen LogP contribution in [-0.4, -0.2) is 17.0 Å². The molecule has 0 radical (unpaired) electrons. The summed E-state index contributed by atoms with van der Waals surface area (Å²) in [6, 6.07) is 7.51. The summed E-state index contributed by atoms with van der Waals surface area (Å²) < 4.78 is 5.71. The van der Waals surface area contributed by atoms with Crippen molar-refractivity contribution in [3.63, 3.8) is 0 Å². The second kappa shape index (κ2) is 7.40. The summed E-state index contributed by atoms with van der Waals surface area (Å²) in [7, 11) is 0. The van der Waals surface area contributed by atoms with E-state index in [4.69, 9.17) is 4.74 Å². The van der Waals surface area contributed by atoms with Crippen LogP contribution in [0.5, 0.6) is 5.75 Å². The molecule has 4 nitrogen and oxygen atoms in total. The summed E-state index contributed by atoms with van der Waals surface area (Å²) in [6.45, 7) is 7.91. The van der Waals surface area contributed by atoms with Gasteiger partial charge in [0.05, 0.1) is 22.5 Å². The lowest BCUT2D eigenvalue weighted by Crippen LogP contribution is -2.14. The van der Waals surface area contributed by atoms with Gasteiger partial charge in [-0.15, -0.1) is 11.3 Å². The molecule has 0 unspecified atom stereocenters. The van der Waals surface area contributed by atoms with E-state index >= 15 is 0 Å². The zero-order valence-electron chi connectivity index (χ0n) is 13.5. The minimum absolute atomic E-state index is 0.00902. The molecule has 0 spiro atoms. The van der Waals surface area contributed by atoms with Crippen molar-refractivity contribution in [2.24, 2.45) is 0 Å². The largest absolute Gasteiger partial charge is 0.489 e. The normalized spacial score (nSPS) is 10.8. The van der Waals surface area contributed by atoms with Crippen molar-refractivity contribution in [2.45, 2.75) is 46.6 Å². The molecule has 1 amide bonds. The van der Waals surface area contributed by atoms with Gasteiger partial charge in [0.25, 0.3) is 0 Å². The maximum atomic E-state index is 12.2. The number of carbonyl (C=O) groups is 1. The van der Waals surface area contributed by atoms with Gasteiger partial charge in [0.1, 0.15) is 5.75 Å². The minimum Gasteiger partial charge on any atom is -0.489 e. The van der Waals surface area contributed by atoms with Crippen LogP contribution < -0.4 is 10.1 Å². The van der Waals surface area contributed by atoms with E-state index in [-0.39, 0.29) is 12.0 Å². The Morgan fingerprint density at radius 2 is 2.05 bits per heavy atom. The number of para-hydroxylation sites is 2. The number of rotatable bonds is 6. The molecule has 0 atom stereocenters. The predicted octanol–water partition coefficient (Wildman–Crippen LogP) is 4.12. The molecule has 118 valence electrons. The van der Waals surface area contributed by atoms with Crippen molar-refractivity contribution < 1.29 is 9.53 Å². The first-order valence-corrected chi connectivity index (χ1v) is 8.26. The van der Waals surface area contributed by atoms with Gasteiger partial charge in [-0.2, -0.15) is 0 Å². The molecule has 1 N–H and O–H groups in total. The number of anilines is 1.